The lowest BCUT2D eigenvalue weighted by Crippen LogP contribution is -2.49. The van der Waals surface area contributed by atoms with E-state index in [1.807, 2.05) is 62.4 Å². The number of benzene rings is 3. The van der Waals surface area contributed by atoms with E-state index in [1.165, 1.54) is 5.56 Å². The molecule has 3 aromatic carbocycles. The van der Waals surface area contributed by atoms with Crippen molar-refractivity contribution >= 4 is 11.6 Å². The summed E-state index contributed by atoms with van der Waals surface area (Å²) in [5.41, 5.74) is 5.27. The maximum absolute atomic E-state index is 13.6. The third kappa shape index (κ3) is 6.02. The molecule has 1 amide bonds. The van der Waals surface area contributed by atoms with Gasteiger partial charge in [0.15, 0.2) is 11.5 Å². The first-order valence-electron chi connectivity index (χ1n) is 12.1. The average molecular weight is 474 g/mol. The molecule has 1 aliphatic heterocycles. The van der Waals surface area contributed by atoms with Crippen LogP contribution >= 0.6 is 0 Å². The zero-order valence-corrected chi connectivity index (χ0v) is 21.1. The third-order valence-corrected chi connectivity index (χ3v) is 6.64. The zero-order valence-electron chi connectivity index (χ0n) is 21.1. The van der Waals surface area contributed by atoms with Crippen LogP contribution in [0.4, 0.5) is 5.69 Å². The fraction of sp³-hybridized carbons (Fsp3) is 0.345. The highest BCUT2D eigenvalue weighted by atomic mass is 16.5. The molecule has 0 saturated carbocycles. The predicted molar refractivity (Wildman–Crippen MR) is 140 cm³/mol. The number of piperazine rings is 1. The van der Waals surface area contributed by atoms with Crippen LogP contribution in [0.3, 0.4) is 0 Å². The molecule has 4 rings (SSSR count). The van der Waals surface area contributed by atoms with Crippen molar-refractivity contribution in [2.45, 2.75) is 26.4 Å². The molecule has 6 nitrogen and oxygen atoms in total. The molecule has 1 unspecified atom stereocenters. The van der Waals surface area contributed by atoms with E-state index in [4.69, 9.17) is 9.47 Å². The van der Waals surface area contributed by atoms with Crippen molar-refractivity contribution in [3.05, 3.63) is 89.0 Å². The van der Waals surface area contributed by atoms with E-state index < -0.39 is 0 Å². The maximum Gasteiger partial charge on any atom is 0.246 e. The number of carbonyl (C=O) groups is 1. The molecule has 3 aromatic rings. The summed E-state index contributed by atoms with van der Waals surface area (Å²) in [7, 11) is 3.31. The van der Waals surface area contributed by atoms with Gasteiger partial charge in [0.05, 0.1) is 14.2 Å². The second-order valence-electron chi connectivity index (χ2n) is 9.12. The van der Waals surface area contributed by atoms with Crippen LogP contribution in [0.1, 0.15) is 28.3 Å². The van der Waals surface area contributed by atoms with Gasteiger partial charge in [0.1, 0.15) is 6.04 Å². The summed E-state index contributed by atoms with van der Waals surface area (Å²) in [5, 5.41) is 3.20. The molecule has 0 aromatic heterocycles. The molecule has 1 saturated heterocycles. The first-order chi connectivity index (χ1) is 17.0. The van der Waals surface area contributed by atoms with Gasteiger partial charge in [0.25, 0.3) is 0 Å². The Kier molecular flexibility index (Phi) is 8.06. The minimum Gasteiger partial charge on any atom is -0.493 e. The van der Waals surface area contributed by atoms with E-state index >= 15 is 0 Å². The van der Waals surface area contributed by atoms with Gasteiger partial charge in [0.2, 0.25) is 5.91 Å². The van der Waals surface area contributed by atoms with Crippen molar-refractivity contribution in [1.82, 2.24) is 9.80 Å². The number of methoxy groups -OCH3 is 2. The van der Waals surface area contributed by atoms with Crippen LogP contribution in [0.25, 0.3) is 0 Å². The van der Waals surface area contributed by atoms with E-state index in [0.29, 0.717) is 0 Å². The first kappa shape index (κ1) is 24.8. The lowest BCUT2D eigenvalue weighted by Gasteiger charge is -2.39. The summed E-state index contributed by atoms with van der Waals surface area (Å²) in [6.45, 7) is 8.29. The first-order valence-corrected chi connectivity index (χ1v) is 12.1. The number of hydrogen-bond acceptors (Lipinski definition) is 5. The SMILES string of the molecule is COc1ccc(CN2CCN(C(C(=O)Nc3cc(C)ccc3C)c3ccccc3)CC2)cc1OC. The second kappa shape index (κ2) is 11.4. The van der Waals surface area contributed by atoms with E-state index in [-0.39, 0.29) is 11.9 Å². The third-order valence-electron chi connectivity index (χ3n) is 6.64. The second-order valence-corrected chi connectivity index (χ2v) is 9.12. The normalized spacial score (nSPS) is 15.4. The summed E-state index contributed by atoms with van der Waals surface area (Å²) in [6, 6.07) is 22.0. The zero-order chi connectivity index (χ0) is 24.8. The summed E-state index contributed by atoms with van der Waals surface area (Å²) in [6.07, 6.45) is 0. The highest BCUT2D eigenvalue weighted by molar-refractivity contribution is 5.96. The minimum absolute atomic E-state index is 0.0123. The highest BCUT2D eigenvalue weighted by Gasteiger charge is 2.30. The van der Waals surface area contributed by atoms with Crippen LogP contribution in [0.2, 0.25) is 0 Å². The number of amides is 1. The Morgan fingerprint density at radius 2 is 1.60 bits per heavy atom. The summed E-state index contributed by atoms with van der Waals surface area (Å²) < 4.78 is 10.8. The number of ether oxygens (including phenoxy) is 2. The summed E-state index contributed by atoms with van der Waals surface area (Å²) in [5.74, 6) is 1.50. The Morgan fingerprint density at radius 3 is 2.29 bits per heavy atom. The van der Waals surface area contributed by atoms with Crippen LogP contribution in [0, 0.1) is 13.8 Å². The van der Waals surface area contributed by atoms with Crippen molar-refractivity contribution in [2.24, 2.45) is 0 Å². The van der Waals surface area contributed by atoms with Gasteiger partial charge in [-0.15, -0.1) is 0 Å². The predicted octanol–water partition coefficient (Wildman–Crippen LogP) is 4.82. The van der Waals surface area contributed by atoms with E-state index in [0.717, 1.165) is 66.6 Å². The van der Waals surface area contributed by atoms with Crippen molar-refractivity contribution in [3.63, 3.8) is 0 Å². The Morgan fingerprint density at radius 1 is 0.886 bits per heavy atom. The Labute approximate surface area is 208 Å². The Balaban J connectivity index is 1.46. The molecule has 184 valence electrons. The number of rotatable bonds is 8. The molecular weight excluding hydrogens is 438 g/mol. The highest BCUT2D eigenvalue weighted by Crippen LogP contribution is 2.29. The van der Waals surface area contributed by atoms with Gasteiger partial charge in [-0.2, -0.15) is 0 Å². The number of carbonyl (C=O) groups excluding carboxylic acids is 1. The van der Waals surface area contributed by atoms with Gasteiger partial charge in [-0.3, -0.25) is 14.6 Å². The lowest BCUT2D eigenvalue weighted by atomic mass is 10.0. The fourth-order valence-electron chi connectivity index (χ4n) is 4.65. The summed E-state index contributed by atoms with van der Waals surface area (Å²) in [4.78, 5) is 18.3. The number of nitrogens with zero attached hydrogens (tertiary/aromatic N) is 2. The molecule has 1 atom stereocenters. The topological polar surface area (TPSA) is 54.0 Å². The number of aryl methyl sites for hydroxylation is 2. The Bertz CT molecular complexity index is 1140. The maximum atomic E-state index is 13.6. The number of nitrogens with one attached hydrogen (secondary N) is 1. The summed E-state index contributed by atoms with van der Waals surface area (Å²) >= 11 is 0. The van der Waals surface area contributed by atoms with Gasteiger partial charge in [0, 0.05) is 38.4 Å². The monoisotopic (exact) mass is 473 g/mol. The van der Waals surface area contributed by atoms with Crippen LogP contribution in [0.15, 0.2) is 66.7 Å². The molecule has 1 N–H and O–H groups in total. The smallest absolute Gasteiger partial charge is 0.246 e. The van der Waals surface area contributed by atoms with Crippen molar-refractivity contribution < 1.29 is 14.3 Å². The van der Waals surface area contributed by atoms with E-state index in [9.17, 15) is 4.79 Å². The number of hydrogen-bond donors (Lipinski definition) is 1. The molecule has 0 radical (unpaired) electrons. The van der Waals surface area contributed by atoms with Crippen LogP contribution in [0.5, 0.6) is 11.5 Å². The van der Waals surface area contributed by atoms with Gasteiger partial charge >= 0.3 is 0 Å². The molecule has 0 spiro atoms. The molecule has 6 heteroatoms. The Hall–Kier alpha value is -3.35. The van der Waals surface area contributed by atoms with Gasteiger partial charge in [-0.25, -0.2) is 0 Å². The standard InChI is InChI=1S/C29H35N3O3/c1-21-10-11-22(2)25(18-21)30-29(33)28(24-8-6-5-7-9-24)32-16-14-31(15-17-32)20-23-12-13-26(34-3)27(19-23)35-4/h5-13,18-19,28H,14-17,20H2,1-4H3,(H,30,33). The molecular formula is C29H35N3O3. The van der Waals surface area contributed by atoms with Crippen LogP contribution < -0.4 is 14.8 Å². The largest absolute Gasteiger partial charge is 0.493 e. The molecule has 1 heterocycles. The average Bonchev–Trinajstić information content (AvgIpc) is 2.88. The van der Waals surface area contributed by atoms with Gasteiger partial charge < -0.3 is 14.8 Å². The van der Waals surface area contributed by atoms with E-state index in [1.54, 1.807) is 14.2 Å². The van der Waals surface area contributed by atoms with Gasteiger partial charge in [-0.1, -0.05) is 48.5 Å². The molecule has 1 aliphatic rings. The molecule has 0 bridgehead atoms. The quantitative estimate of drug-likeness (QED) is 0.509. The fourth-order valence-corrected chi connectivity index (χ4v) is 4.65. The lowest BCUT2D eigenvalue weighted by molar-refractivity contribution is -0.122. The van der Waals surface area contributed by atoms with Crippen LogP contribution in [-0.2, 0) is 11.3 Å². The van der Waals surface area contributed by atoms with Crippen LogP contribution in [-0.4, -0.2) is 56.1 Å². The van der Waals surface area contributed by atoms with Crippen molar-refractivity contribution in [3.8, 4) is 11.5 Å². The van der Waals surface area contributed by atoms with Crippen molar-refractivity contribution in [2.75, 3.05) is 45.7 Å². The molecule has 35 heavy (non-hydrogen) atoms. The molecule has 0 aliphatic carbocycles. The van der Waals surface area contributed by atoms with Crippen molar-refractivity contribution in [1.29, 1.82) is 0 Å². The van der Waals surface area contributed by atoms with E-state index in [2.05, 4.69) is 33.3 Å². The molecule has 1 fully saturated rings. The number of anilines is 1. The minimum atomic E-state index is -0.334. The van der Waals surface area contributed by atoms with Gasteiger partial charge in [-0.05, 0) is 54.3 Å².